The molecule has 0 aliphatic heterocycles. The molecular weight excluding hydrogens is 460 g/mol. The van der Waals surface area contributed by atoms with Crippen LogP contribution in [-0.4, -0.2) is 27.5 Å². The van der Waals surface area contributed by atoms with E-state index in [4.69, 9.17) is 4.52 Å². The zero-order valence-corrected chi connectivity index (χ0v) is 19.3. The van der Waals surface area contributed by atoms with Crippen LogP contribution in [0.5, 0.6) is 0 Å². The molecule has 1 fully saturated rings. The molecule has 2 aromatic rings. The van der Waals surface area contributed by atoms with E-state index in [1.807, 2.05) is 38.1 Å². The molecule has 0 bridgehead atoms. The monoisotopic (exact) mass is 484 g/mol. The Bertz CT molecular complexity index is 1090. The maximum Gasteiger partial charge on any atom is 0.168 e. The molecule has 1 saturated carbocycles. The van der Waals surface area contributed by atoms with Crippen LogP contribution in [0.4, 0.5) is 5.69 Å². The van der Waals surface area contributed by atoms with Crippen molar-refractivity contribution in [3.8, 4) is 0 Å². The van der Waals surface area contributed by atoms with Crippen LogP contribution in [0.2, 0.25) is 0 Å². The minimum absolute atomic E-state index is 0.000833. The lowest BCUT2D eigenvalue weighted by molar-refractivity contribution is -0.115. The molecule has 0 unspecified atom stereocenters. The van der Waals surface area contributed by atoms with Crippen LogP contribution >= 0.6 is 15.9 Å². The van der Waals surface area contributed by atoms with Crippen molar-refractivity contribution >= 4 is 38.9 Å². The highest BCUT2D eigenvalue weighted by atomic mass is 79.9. The van der Waals surface area contributed by atoms with Crippen LogP contribution in [0, 0.1) is 5.41 Å². The topological polar surface area (TPSA) is 92.8 Å². The largest absolute Gasteiger partial charge is 0.511 e. The van der Waals surface area contributed by atoms with Crippen molar-refractivity contribution in [3.63, 3.8) is 0 Å². The number of ketones is 2. The number of hydrogen-bond acceptors (Lipinski definition) is 6. The van der Waals surface area contributed by atoms with Gasteiger partial charge in [0.15, 0.2) is 11.6 Å². The average molecular weight is 485 g/mol. The van der Waals surface area contributed by atoms with Gasteiger partial charge in [-0.3, -0.25) is 14.6 Å². The van der Waals surface area contributed by atoms with Crippen LogP contribution in [0.15, 0.2) is 49.6 Å². The van der Waals surface area contributed by atoms with Crippen LogP contribution in [0.1, 0.15) is 67.8 Å². The highest BCUT2D eigenvalue weighted by Crippen LogP contribution is 2.36. The van der Waals surface area contributed by atoms with Crippen molar-refractivity contribution < 1.29 is 19.2 Å². The normalized spacial score (nSPS) is 21.3. The molecule has 1 aromatic heterocycles. The second-order valence-corrected chi connectivity index (χ2v) is 9.92. The molecule has 31 heavy (non-hydrogen) atoms. The summed E-state index contributed by atoms with van der Waals surface area (Å²) in [6, 6.07) is 7.50. The molecule has 7 heteroatoms. The Balaban J connectivity index is 1.58. The molecule has 162 valence electrons. The zero-order valence-electron chi connectivity index (χ0n) is 17.7. The minimum atomic E-state index is -0.141. The molecule has 0 saturated heterocycles. The van der Waals surface area contributed by atoms with Crippen LogP contribution in [0.25, 0.3) is 0 Å². The van der Waals surface area contributed by atoms with Crippen molar-refractivity contribution in [3.05, 3.63) is 57.1 Å². The number of carbonyl (C=O) groups is 2. The SMILES string of the molecule is CC1(C)CC(=O)c2c(CC/C(O)=C3/C(=O)CCCC3=Nc3ccc(Br)cc3)noc2C1. The Hall–Kier alpha value is -2.54. The third-order valence-corrected chi connectivity index (χ3v) is 6.28. The number of aryl methyl sites for hydroxylation is 1. The molecule has 1 N–H and O–H groups in total. The number of aromatic nitrogens is 1. The van der Waals surface area contributed by atoms with E-state index in [2.05, 4.69) is 26.1 Å². The number of halogens is 1. The lowest BCUT2D eigenvalue weighted by Gasteiger charge is -2.26. The van der Waals surface area contributed by atoms with Gasteiger partial charge in [0.25, 0.3) is 0 Å². The van der Waals surface area contributed by atoms with Gasteiger partial charge in [0.2, 0.25) is 0 Å². The molecule has 2 aliphatic carbocycles. The molecule has 2 aliphatic rings. The number of fused-ring (bicyclic) bond motifs is 1. The number of rotatable bonds is 4. The van der Waals surface area contributed by atoms with Crippen molar-refractivity contribution in [2.45, 2.75) is 58.8 Å². The lowest BCUT2D eigenvalue weighted by atomic mass is 9.76. The fourth-order valence-electron chi connectivity index (χ4n) is 4.29. The summed E-state index contributed by atoms with van der Waals surface area (Å²) in [4.78, 5) is 29.8. The zero-order chi connectivity index (χ0) is 22.2. The second kappa shape index (κ2) is 8.54. The first-order valence-electron chi connectivity index (χ1n) is 10.5. The van der Waals surface area contributed by atoms with E-state index in [0.717, 1.165) is 10.2 Å². The summed E-state index contributed by atoms with van der Waals surface area (Å²) in [7, 11) is 0. The van der Waals surface area contributed by atoms with Gasteiger partial charge in [0.05, 0.1) is 28.2 Å². The van der Waals surface area contributed by atoms with E-state index in [1.54, 1.807) is 0 Å². The first-order chi connectivity index (χ1) is 14.7. The summed E-state index contributed by atoms with van der Waals surface area (Å²) in [5.41, 5.74) is 2.61. The highest BCUT2D eigenvalue weighted by Gasteiger charge is 2.36. The number of benzene rings is 1. The first-order valence-corrected chi connectivity index (χ1v) is 11.3. The van der Waals surface area contributed by atoms with Gasteiger partial charge in [0.1, 0.15) is 11.5 Å². The summed E-state index contributed by atoms with van der Waals surface area (Å²) in [5.74, 6) is 0.552. The molecule has 6 nitrogen and oxygen atoms in total. The summed E-state index contributed by atoms with van der Waals surface area (Å²) < 4.78 is 6.39. The number of hydrogen-bond donors (Lipinski definition) is 1. The predicted octanol–water partition coefficient (Wildman–Crippen LogP) is 5.86. The molecular formula is C24H25BrN2O4. The predicted molar refractivity (Wildman–Crippen MR) is 121 cm³/mol. The third-order valence-electron chi connectivity index (χ3n) is 5.75. The molecule has 0 radical (unpaired) electrons. The average Bonchev–Trinajstić information content (AvgIpc) is 3.10. The Morgan fingerprint density at radius 1 is 1.16 bits per heavy atom. The Morgan fingerprint density at radius 2 is 1.90 bits per heavy atom. The van der Waals surface area contributed by atoms with Gasteiger partial charge in [-0.2, -0.15) is 0 Å². The number of Topliss-reactive ketones (excluding diaryl/α,β-unsaturated/α-hetero) is 2. The number of aliphatic hydroxyl groups is 1. The van der Waals surface area contributed by atoms with Gasteiger partial charge >= 0.3 is 0 Å². The number of aliphatic imine (C=N–C) groups is 1. The lowest BCUT2D eigenvalue weighted by Crippen LogP contribution is -2.26. The Morgan fingerprint density at radius 3 is 2.65 bits per heavy atom. The molecule has 1 heterocycles. The van der Waals surface area contributed by atoms with Crippen molar-refractivity contribution in [2.24, 2.45) is 10.4 Å². The van der Waals surface area contributed by atoms with Gasteiger partial charge in [-0.05, 0) is 42.5 Å². The number of aliphatic hydroxyl groups excluding tert-OH is 1. The van der Waals surface area contributed by atoms with Gasteiger partial charge in [-0.25, -0.2) is 0 Å². The van der Waals surface area contributed by atoms with Gasteiger partial charge in [-0.1, -0.05) is 34.9 Å². The molecule has 0 amide bonds. The van der Waals surface area contributed by atoms with E-state index in [0.29, 0.717) is 66.8 Å². The maximum atomic E-state index is 12.6. The standard InChI is InChI=1S/C24H25BrN2O4/c1-24(2)12-20(30)23-17(27-31-21(23)13-24)10-11-19(29)22-16(4-3-5-18(22)28)26-15-8-6-14(25)7-9-15/h6-9,29H,3-5,10-13H2,1-2H3/b22-19-,26-16?. The number of nitrogens with zero attached hydrogens (tertiary/aromatic N) is 2. The fraction of sp³-hybridized carbons (Fsp3) is 0.417. The number of carbonyl (C=O) groups excluding carboxylic acids is 2. The third kappa shape index (κ3) is 4.71. The van der Waals surface area contributed by atoms with Gasteiger partial charge < -0.3 is 9.63 Å². The van der Waals surface area contributed by atoms with E-state index in [9.17, 15) is 14.7 Å². The molecule has 4 rings (SSSR count). The van der Waals surface area contributed by atoms with E-state index in [1.165, 1.54) is 0 Å². The summed E-state index contributed by atoms with van der Waals surface area (Å²) in [5, 5.41) is 14.9. The molecule has 0 atom stereocenters. The quantitative estimate of drug-likeness (QED) is 0.433. The molecule has 0 spiro atoms. The van der Waals surface area contributed by atoms with Crippen LogP contribution in [0.3, 0.4) is 0 Å². The summed E-state index contributed by atoms with van der Waals surface area (Å²) in [6.45, 7) is 4.07. The molecule has 1 aromatic carbocycles. The summed E-state index contributed by atoms with van der Waals surface area (Å²) >= 11 is 3.40. The second-order valence-electron chi connectivity index (χ2n) is 9.00. The van der Waals surface area contributed by atoms with Gasteiger partial charge in [-0.15, -0.1) is 0 Å². The number of allylic oxidation sites excluding steroid dienone is 2. The van der Waals surface area contributed by atoms with Crippen molar-refractivity contribution in [1.29, 1.82) is 0 Å². The highest BCUT2D eigenvalue weighted by molar-refractivity contribution is 9.10. The van der Waals surface area contributed by atoms with Crippen LogP contribution in [-0.2, 0) is 17.6 Å². The smallest absolute Gasteiger partial charge is 0.168 e. The summed E-state index contributed by atoms with van der Waals surface area (Å²) in [6.07, 6.45) is 3.39. The van der Waals surface area contributed by atoms with E-state index < -0.39 is 0 Å². The van der Waals surface area contributed by atoms with Crippen molar-refractivity contribution in [1.82, 2.24) is 5.16 Å². The maximum absolute atomic E-state index is 12.6. The van der Waals surface area contributed by atoms with E-state index in [-0.39, 0.29) is 29.2 Å². The Kier molecular flexibility index (Phi) is 5.97. The first kappa shape index (κ1) is 21.7. The van der Waals surface area contributed by atoms with Crippen molar-refractivity contribution in [2.75, 3.05) is 0 Å². The Labute approximate surface area is 189 Å². The van der Waals surface area contributed by atoms with Crippen LogP contribution < -0.4 is 0 Å². The minimum Gasteiger partial charge on any atom is -0.511 e. The van der Waals surface area contributed by atoms with E-state index >= 15 is 0 Å². The van der Waals surface area contributed by atoms with Gasteiger partial charge in [0, 0.05) is 36.6 Å². The fourth-order valence-corrected chi connectivity index (χ4v) is 4.55.